The smallest absolute Gasteiger partial charge is 0.0942 e. The molecule has 1 aliphatic carbocycles. The molecule has 116 valence electrons. The minimum Gasteiger partial charge on any atom is -0.387 e. The van der Waals surface area contributed by atoms with Gasteiger partial charge >= 0.3 is 0 Å². The van der Waals surface area contributed by atoms with Crippen molar-refractivity contribution in [1.29, 1.82) is 0 Å². The molecule has 1 aliphatic rings. The fourth-order valence-electron chi connectivity index (χ4n) is 3.26. The lowest BCUT2D eigenvalue weighted by Gasteiger charge is -2.29. The Balaban J connectivity index is 1.55. The van der Waals surface area contributed by atoms with Crippen molar-refractivity contribution in [2.75, 3.05) is 13.6 Å². The summed E-state index contributed by atoms with van der Waals surface area (Å²) < 4.78 is 0. The molecule has 1 N–H and O–H groups in total. The van der Waals surface area contributed by atoms with Crippen LogP contribution < -0.4 is 0 Å². The van der Waals surface area contributed by atoms with Gasteiger partial charge in [-0.25, -0.2) is 0 Å². The summed E-state index contributed by atoms with van der Waals surface area (Å²) in [5.41, 5.74) is 2.45. The molecule has 4 atom stereocenters. The molecule has 3 rings (SSSR count). The number of hydrogen-bond donors (Lipinski definition) is 1. The summed E-state index contributed by atoms with van der Waals surface area (Å²) >= 11 is 0. The summed E-state index contributed by atoms with van der Waals surface area (Å²) in [7, 11) is 2.12. The van der Waals surface area contributed by atoms with Crippen LogP contribution in [0.15, 0.2) is 60.7 Å². The number of aliphatic hydroxyl groups excluding tert-OH is 1. The third kappa shape index (κ3) is 3.40. The topological polar surface area (TPSA) is 23.5 Å². The molecule has 2 nitrogen and oxygen atoms in total. The highest BCUT2D eigenvalue weighted by atomic mass is 16.3. The van der Waals surface area contributed by atoms with Crippen LogP contribution in [0.2, 0.25) is 0 Å². The van der Waals surface area contributed by atoms with Gasteiger partial charge in [-0.15, -0.1) is 0 Å². The van der Waals surface area contributed by atoms with Crippen LogP contribution >= 0.6 is 0 Å². The van der Waals surface area contributed by atoms with Crippen LogP contribution in [0.1, 0.15) is 36.5 Å². The van der Waals surface area contributed by atoms with E-state index in [1.165, 1.54) is 12.0 Å². The summed E-state index contributed by atoms with van der Waals surface area (Å²) in [5, 5.41) is 10.5. The van der Waals surface area contributed by atoms with Gasteiger partial charge in [-0.2, -0.15) is 0 Å². The van der Waals surface area contributed by atoms with Crippen molar-refractivity contribution >= 4 is 0 Å². The van der Waals surface area contributed by atoms with Gasteiger partial charge in [-0.3, -0.25) is 0 Å². The largest absolute Gasteiger partial charge is 0.387 e. The van der Waals surface area contributed by atoms with Crippen LogP contribution in [-0.4, -0.2) is 29.6 Å². The minimum absolute atomic E-state index is 0.124. The summed E-state index contributed by atoms with van der Waals surface area (Å²) in [6.45, 7) is 3.15. The van der Waals surface area contributed by atoms with Gasteiger partial charge in [0.25, 0.3) is 0 Å². The van der Waals surface area contributed by atoms with E-state index in [4.69, 9.17) is 0 Å². The average Bonchev–Trinajstić information content (AvgIpc) is 3.34. The summed E-state index contributed by atoms with van der Waals surface area (Å²) in [6.07, 6.45) is 0.836. The van der Waals surface area contributed by atoms with Crippen molar-refractivity contribution in [1.82, 2.24) is 4.90 Å². The lowest BCUT2D eigenvalue weighted by Crippen LogP contribution is -2.36. The molecule has 1 saturated carbocycles. The number of hydrogen-bond acceptors (Lipinski definition) is 2. The van der Waals surface area contributed by atoms with Gasteiger partial charge in [0.2, 0.25) is 0 Å². The Morgan fingerprint density at radius 1 is 1.05 bits per heavy atom. The lowest BCUT2D eigenvalue weighted by molar-refractivity contribution is 0.0700. The summed E-state index contributed by atoms with van der Waals surface area (Å²) in [4.78, 5) is 2.30. The molecule has 0 saturated heterocycles. The SMILES string of the molecule is C[C@@H]([C@@H](O)c1ccccc1)N(C)C[C@@H]1C[C@H]1c1ccccc1. The molecule has 2 aromatic rings. The van der Waals surface area contributed by atoms with Crippen molar-refractivity contribution in [2.45, 2.75) is 31.4 Å². The molecule has 0 aliphatic heterocycles. The Morgan fingerprint density at radius 3 is 2.27 bits per heavy atom. The molecule has 0 unspecified atom stereocenters. The van der Waals surface area contributed by atoms with Gasteiger partial charge in [-0.05, 0) is 43.4 Å². The van der Waals surface area contributed by atoms with E-state index in [1.54, 1.807) is 0 Å². The van der Waals surface area contributed by atoms with Crippen molar-refractivity contribution in [3.8, 4) is 0 Å². The fraction of sp³-hybridized carbons (Fsp3) is 0.400. The second-order valence-corrected chi connectivity index (χ2v) is 6.55. The monoisotopic (exact) mass is 295 g/mol. The normalized spacial score (nSPS) is 23.3. The number of nitrogens with zero attached hydrogens (tertiary/aromatic N) is 1. The molecule has 0 amide bonds. The van der Waals surface area contributed by atoms with Crippen LogP contribution in [0.4, 0.5) is 0 Å². The van der Waals surface area contributed by atoms with Gasteiger partial charge in [0.05, 0.1) is 6.10 Å². The van der Waals surface area contributed by atoms with Crippen molar-refractivity contribution in [3.63, 3.8) is 0 Å². The quantitative estimate of drug-likeness (QED) is 0.875. The number of likely N-dealkylation sites (N-methyl/N-ethyl adjacent to an activating group) is 1. The van der Waals surface area contributed by atoms with Crippen LogP contribution in [-0.2, 0) is 0 Å². The van der Waals surface area contributed by atoms with E-state index in [1.807, 2.05) is 30.3 Å². The summed E-state index contributed by atoms with van der Waals surface area (Å²) in [5.74, 6) is 1.42. The number of aliphatic hydroxyl groups is 1. The molecular formula is C20H25NO. The molecule has 0 heterocycles. The summed E-state index contributed by atoms with van der Waals surface area (Å²) in [6, 6.07) is 20.9. The molecule has 2 heteroatoms. The standard InChI is InChI=1S/C20H25NO/c1-15(20(22)17-11-7-4-8-12-17)21(2)14-18-13-19(18)16-9-5-3-6-10-16/h3-12,15,18-20,22H,13-14H2,1-2H3/t15-,18-,19-,20+/m0/s1. The minimum atomic E-state index is -0.430. The predicted molar refractivity (Wildman–Crippen MR) is 90.8 cm³/mol. The van der Waals surface area contributed by atoms with E-state index in [-0.39, 0.29) is 6.04 Å². The van der Waals surface area contributed by atoms with Crippen LogP contribution in [0.3, 0.4) is 0 Å². The van der Waals surface area contributed by atoms with Gasteiger partial charge in [-0.1, -0.05) is 60.7 Å². The maximum atomic E-state index is 10.5. The zero-order valence-corrected chi connectivity index (χ0v) is 13.4. The molecule has 2 aromatic carbocycles. The Hall–Kier alpha value is -1.64. The van der Waals surface area contributed by atoms with Gasteiger partial charge < -0.3 is 10.0 Å². The van der Waals surface area contributed by atoms with E-state index in [0.29, 0.717) is 5.92 Å². The Bertz CT molecular complexity index is 583. The number of rotatable bonds is 6. The van der Waals surface area contributed by atoms with E-state index >= 15 is 0 Å². The molecule has 22 heavy (non-hydrogen) atoms. The van der Waals surface area contributed by atoms with Crippen molar-refractivity contribution in [2.24, 2.45) is 5.92 Å². The highest BCUT2D eigenvalue weighted by molar-refractivity contribution is 5.26. The van der Waals surface area contributed by atoms with Crippen LogP contribution in [0.5, 0.6) is 0 Å². The average molecular weight is 295 g/mol. The first-order valence-electron chi connectivity index (χ1n) is 8.15. The first-order valence-corrected chi connectivity index (χ1v) is 8.15. The zero-order chi connectivity index (χ0) is 15.5. The Labute approximate surface area is 133 Å². The van der Waals surface area contributed by atoms with Crippen molar-refractivity contribution in [3.05, 3.63) is 71.8 Å². The van der Waals surface area contributed by atoms with E-state index in [2.05, 4.69) is 49.2 Å². The highest BCUT2D eigenvalue weighted by Crippen LogP contribution is 2.47. The van der Waals surface area contributed by atoms with Crippen LogP contribution in [0, 0.1) is 5.92 Å². The molecule has 0 radical (unpaired) electrons. The van der Waals surface area contributed by atoms with Gasteiger partial charge in [0, 0.05) is 12.6 Å². The van der Waals surface area contributed by atoms with E-state index < -0.39 is 6.10 Å². The highest BCUT2D eigenvalue weighted by Gasteiger charge is 2.39. The molecule has 0 aromatic heterocycles. The molecular weight excluding hydrogens is 270 g/mol. The predicted octanol–water partition coefficient (Wildman–Crippen LogP) is 3.84. The third-order valence-corrected chi connectivity index (χ3v) is 4.97. The molecule has 0 bridgehead atoms. The second-order valence-electron chi connectivity index (χ2n) is 6.55. The number of benzene rings is 2. The first-order chi connectivity index (χ1) is 10.7. The lowest BCUT2D eigenvalue weighted by atomic mass is 10.0. The molecule has 0 spiro atoms. The first kappa shape index (κ1) is 15.3. The molecule has 1 fully saturated rings. The maximum Gasteiger partial charge on any atom is 0.0942 e. The van der Waals surface area contributed by atoms with Gasteiger partial charge in [0.1, 0.15) is 0 Å². The van der Waals surface area contributed by atoms with E-state index in [9.17, 15) is 5.11 Å². The second kappa shape index (κ2) is 6.64. The third-order valence-electron chi connectivity index (χ3n) is 4.97. The van der Waals surface area contributed by atoms with Gasteiger partial charge in [0.15, 0.2) is 0 Å². The van der Waals surface area contributed by atoms with Crippen molar-refractivity contribution < 1.29 is 5.11 Å². The Kier molecular flexibility index (Phi) is 4.60. The van der Waals surface area contributed by atoms with E-state index in [0.717, 1.165) is 18.0 Å². The zero-order valence-electron chi connectivity index (χ0n) is 13.4. The maximum absolute atomic E-state index is 10.5. The van der Waals surface area contributed by atoms with Crippen LogP contribution in [0.25, 0.3) is 0 Å². The fourth-order valence-corrected chi connectivity index (χ4v) is 3.26. The Morgan fingerprint density at radius 2 is 1.64 bits per heavy atom.